The minimum atomic E-state index is -0.927. The normalized spacial score (nSPS) is 32.0. The van der Waals surface area contributed by atoms with Gasteiger partial charge in [0.15, 0.2) is 6.04 Å². The Morgan fingerprint density at radius 3 is 2.62 bits per heavy atom. The van der Waals surface area contributed by atoms with Crippen molar-refractivity contribution in [2.24, 2.45) is 5.92 Å². The van der Waals surface area contributed by atoms with E-state index in [1.807, 2.05) is 0 Å². The quantitative estimate of drug-likeness (QED) is 0.508. The maximum atomic E-state index is 12.1. The molecule has 120 valence electrons. The number of hydrogen-bond donors (Lipinski definition) is 2. The number of fused-ring (bicyclic) bond motifs is 1. The summed E-state index contributed by atoms with van der Waals surface area (Å²) in [6, 6.07) is -0.736. The van der Waals surface area contributed by atoms with Crippen LogP contribution in [0.5, 0.6) is 0 Å². The molecule has 2 saturated heterocycles. The number of carboxylic acids is 1. The molecule has 0 aromatic carbocycles. The monoisotopic (exact) mass is 335 g/mol. The maximum Gasteiger partial charge on any atom is 0.328 e. The Hall–Kier alpha value is -0.440. The molecule has 2 aliphatic heterocycles. The van der Waals surface area contributed by atoms with Crippen molar-refractivity contribution in [2.75, 3.05) is 40.0 Å². The highest BCUT2D eigenvalue weighted by Gasteiger charge is 2.60. The molecule has 0 aliphatic carbocycles. The molecule has 1 amide bonds. The number of nitrogens with zero attached hydrogens (tertiary/aromatic N) is 2. The molecule has 2 aliphatic rings. The van der Waals surface area contributed by atoms with Crippen molar-refractivity contribution in [3.8, 4) is 0 Å². The molecule has 2 rings (SSSR count). The number of hydrogen-bond acceptors (Lipinski definition) is 5. The number of aliphatic carboxylic acids is 1. The summed E-state index contributed by atoms with van der Waals surface area (Å²) in [5.74, 6) is -0.400. The third kappa shape index (κ3) is 3.49. The molecule has 0 spiro atoms. The van der Waals surface area contributed by atoms with Gasteiger partial charge < -0.3 is 19.6 Å². The van der Waals surface area contributed by atoms with E-state index in [-0.39, 0.29) is 28.4 Å². The third-order valence-electron chi connectivity index (χ3n) is 3.76. The summed E-state index contributed by atoms with van der Waals surface area (Å²) in [6.45, 7) is 0.922. The van der Waals surface area contributed by atoms with Gasteiger partial charge in [-0.25, -0.2) is 4.79 Å². The number of rotatable bonds is 7. The Morgan fingerprint density at radius 1 is 1.43 bits per heavy atom. The van der Waals surface area contributed by atoms with Crippen LogP contribution >= 0.6 is 23.5 Å². The predicted octanol–water partition coefficient (Wildman–Crippen LogP) is 0.119. The van der Waals surface area contributed by atoms with Gasteiger partial charge in [-0.3, -0.25) is 4.79 Å². The van der Waals surface area contributed by atoms with Gasteiger partial charge in [-0.2, -0.15) is 0 Å². The zero-order valence-electron chi connectivity index (χ0n) is 12.6. The fourth-order valence-electron chi connectivity index (χ4n) is 2.56. The molecule has 0 aromatic heterocycles. The van der Waals surface area contributed by atoms with Crippen LogP contribution in [-0.2, 0) is 9.59 Å². The van der Waals surface area contributed by atoms with Gasteiger partial charge in [0.2, 0.25) is 5.91 Å². The van der Waals surface area contributed by atoms with E-state index in [4.69, 9.17) is 5.11 Å². The lowest BCUT2D eigenvalue weighted by Crippen LogP contribution is -2.61. The Balaban J connectivity index is 1.98. The summed E-state index contributed by atoms with van der Waals surface area (Å²) in [5, 5.41) is 18.4. The summed E-state index contributed by atoms with van der Waals surface area (Å²) in [6.07, 6.45) is 0.426. The molecule has 0 saturated carbocycles. The lowest BCUT2D eigenvalue weighted by Gasteiger charge is -2.43. The predicted molar refractivity (Wildman–Crippen MR) is 84.0 cm³/mol. The Bertz CT molecular complexity index is 427. The van der Waals surface area contributed by atoms with Crippen LogP contribution in [0.4, 0.5) is 0 Å². The Morgan fingerprint density at radius 2 is 2.10 bits per heavy atom. The standard InChI is InChI=1S/C13H22N2O4S2/c1-15(2,3)5-7-20-13-9(12(18)19)14-10(17)8(4-6-16)11(14)21-13/h8-9,11,13,16H,4-7H2,1-3H3/p+1/t8-,9?,11?,13?/m0/s1. The summed E-state index contributed by atoms with van der Waals surface area (Å²) in [4.78, 5) is 25.0. The fraction of sp³-hybridized carbons (Fsp3) is 0.846. The number of aliphatic hydroxyl groups is 1. The molecule has 0 bridgehead atoms. The number of carbonyl (C=O) groups is 2. The van der Waals surface area contributed by atoms with Gasteiger partial charge in [0.05, 0.1) is 43.6 Å². The second kappa shape index (κ2) is 6.36. The first-order valence-corrected chi connectivity index (χ1v) is 8.99. The maximum absolute atomic E-state index is 12.1. The van der Waals surface area contributed by atoms with E-state index in [2.05, 4.69) is 21.1 Å². The van der Waals surface area contributed by atoms with Crippen molar-refractivity contribution in [1.82, 2.24) is 4.90 Å². The summed E-state index contributed by atoms with van der Waals surface area (Å²) in [7, 11) is 6.31. The average molecular weight is 335 g/mol. The topological polar surface area (TPSA) is 77.8 Å². The molecular weight excluding hydrogens is 312 g/mol. The van der Waals surface area contributed by atoms with Gasteiger partial charge in [-0.15, -0.1) is 23.5 Å². The number of carboxylic acid groups (broad SMARTS) is 1. The van der Waals surface area contributed by atoms with Crippen LogP contribution in [0.3, 0.4) is 0 Å². The SMILES string of the molecule is C[N+](C)(C)CCSC1SC2[C@@H](CCO)C(=O)N2C1C(=O)O. The highest BCUT2D eigenvalue weighted by molar-refractivity contribution is 8.17. The first-order valence-electron chi connectivity index (χ1n) is 6.99. The van der Waals surface area contributed by atoms with E-state index in [1.54, 1.807) is 23.5 Å². The molecule has 4 atom stereocenters. The van der Waals surface area contributed by atoms with Gasteiger partial charge in [-0.05, 0) is 6.42 Å². The molecule has 0 aromatic rings. The van der Waals surface area contributed by atoms with Crippen LogP contribution < -0.4 is 0 Å². The average Bonchev–Trinajstić information content (AvgIpc) is 2.70. The third-order valence-corrected chi connectivity index (χ3v) is 6.87. The summed E-state index contributed by atoms with van der Waals surface area (Å²) >= 11 is 3.20. The van der Waals surface area contributed by atoms with Crippen LogP contribution in [0, 0.1) is 5.92 Å². The van der Waals surface area contributed by atoms with Crippen LogP contribution in [0.1, 0.15) is 6.42 Å². The second-order valence-electron chi connectivity index (χ2n) is 6.43. The van der Waals surface area contributed by atoms with Crippen molar-refractivity contribution in [2.45, 2.75) is 22.4 Å². The summed E-state index contributed by atoms with van der Waals surface area (Å²) in [5.41, 5.74) is 0. The van der Waals surface area contributed by atoms with Gasteiger partial charge in [0.25, 0.3) is 0 Å². The molecule has 8 heteroatoms. The number of aliphatic hydroxyl groups excluding tert-OH is 1. The van der Waals surface area contributed by atoms with Crippen molar-refractivity contribution >= 4 is 35.4 Å². The molecule has 6 nitrogen and oxygen atoms in total. The van der Waals surface area contributed by atoms with Crippen molar-refractivity contribution in [3.05, 3.63) is 0 Å². The van der Waals surface area contributed by atoms with E-state index < -0.39 is 12.0 Å². The zero-order valence-corrected chi connectivity index (χ0v) is 14.2. The fourth-order valence-corrected chi connectivity index (χ4v) is 6.30. The molecule has 2 fully saturated rings. The molecule has 21 heavy (non-hydrogen) atoms. The van der Waals surface area contributed by atoms with Crippen LogP contribution in [-0.4, -0.2) is 87.5 Å². The number of quaternary nitrogens is 1. The van der Waals surface area contributed by atoms with E-state index >= 15 is 0 Å². The zero-order chi connectivity index (χ0) is 15.8. The molecule has 2 heterocycles. The van der Waals surface area contributed by atoms with Gasteiger partial charge in [-0.1, -0.05) is 0 Å². The van der Waals surface area contributed by atoms with E-state index in [0.29, 0.717) is 6.42 Å². The van der Waals surface area contributed by atoms with Crippen molar-refractivity contribution < 1.29 is 24.3 Å². The van der Waals surface area contributed by atoms with Crippen LogP contribution in [0.15, 0.2) is 0 Å². The molecular formula is C13H23N2O4S2+. The highest BCUT2D eigenvalue weighted by Crippen LogP contribution is 2.51. The Kier molecular flexibility index (Phi) is 5.12. The molecule has 0 radical (unpaired) electrons. The second-order valence-corrected chi connectivity index (χ2v) is 9.24. The van der Waals surface area contributed by atoms with Crippen LogP contribution in [0.25, 0.3) is 0 Å². The van der Waals surface area contributed by atoms with E-state index in [9.17, 15) is 14.7 Å². The van der Waals surface area contributed by atoms with Gasteiger partial charge >= 0.3 is 5.97 Å². The number of β-lactam (4-membered cyclic amide) rings is 1. The first-order chi connectivity index (χ1) is 9.76. The molecule has 2 N–H and O–H groups in total. The number of amides is 1. The van der Waals surface area contributed by atoms with Crippen molar-refractivity contribution in [1.29, 1.82) is 0 Å². The minimum absolute atomic E-state index is 0.0294. The lowest BCUT2D eigenvalue weighted by atomic mass is 9.93. The smallest absolute Gasteiger partial charge is 0.328 e. The van der Waals surface area contributed by atoms with E-state index in [0.717, 1.165) is 16.8 Å². The van der Waals surface area contributed by atoms with E-state index in [1.165, 1.54) is 4.90 Å². The lowest BCUT2D eigenvalue weighted by molar-refractivity contribution is -0.867. The van der Waals surface area contributed by atoms with Crippen molar-refractivity contribution in [3.63, 3.8) is 0 Å². The first kappa shape index (κ1) is 16.9. The Labute approximate surface area is 133 Å². The van der Waals surface area contributed by atoms with Crippen LogP contribution in [0.2, 0.25) is 0 Å². The summed E-state index contributed by atoms with van der Waals surface area (Å²) < 4.78 is 0.716. The largest absolute Gasteiger partial charge is 0.480 e. The number of carbonyl (C=O) groups excluding carboxylic acids is 1. The van der Waals surface area contributed by atoms with Gasteiger partial charge in [0, 0.05) is 12.4 Å². The minimum Gasteiger partial charge on any atom is -0.480 e. The molecule has 3 unspecified atom stereocenters. The van der Waals surface area contributed by atoms with Gasteiger partial charge in [0.1, 0.15) is 0 Å². The number of thioether (sulfide) groups is 2. The highest BCUT2D eigenvalue weighted by atomic mass is 32.2.